The van der Waals surface area contributed by atoms with Crippen molar-refractivity contribution in [2.24, 2.45) is 0 Å². The molecule has 0 radical (unpaired) electrons. The molecule has 0 atom stereocenters. The number of aromatic nitrogens is 1. The van der Waals surface area contributed by atoms with Gasteiger partial charge in [0.1, 0.15) is 5.56 Å². The number of rotatable bonds is 3. The minimum absolute atomic E-state index is 0.163. The number of methoxy groups -OCH3 is 1. The predicted molar refractivity (Wildman–Crippen MR) is 56.0 cm³/mol. The van der Waals surface area contributed by atoms with Crippen molar-refractivity contribution < 1.29 is 18.3 Å². The molecule has 16 heavy (non-hydrogen) atoms. The van der Waals surface area contributed by atoms with Crippen LogP contribution >= 0.6 is 15.9 Å². The lowest BCUT2D eigenvalue weighted by Crippen LogP contribution is -2.23. The Hall–Kier alpha value is -1.24. The monoisotopic (exact) mass is 295 g/mol. The maximum absolute atomic E-state index is 12.4. The lowest BCUT2D eigenvalue weighted by Gasteiger charge is -2.07. The van der Waals surface area contributed by atoms with Gasteiger partial charge in [-0.15, -0.1) is 0 Å². The van der Waals surface area contributed by atoms with Crippen LogP contribution in [-0.2, 0) is 10.1 Å². The number of carbonyl (C=O) groups is 1. The molecule has 0 unspecified atom stereocenters. The molecule has 1 rings (SSSR count). The van der Waals surface area contributed by atoms with E-state index in [1.807, 2.05) is 0 Å². The van der Waals surface area contributed by atoms with Gasteiger partial charge in [0.2, 0.25) is 5.43 Å². The Bertz CT molecular complexity index is 459. The van der Waals surface area contributed by atoms with Gasteiger partial charge in [-0.05, 0) is 0 Å². The molecule has 1 aromatic rings. The van der Waals surface area contributed by atoms with E-state index in [4.69, 9.17) is 0 Å². The van der Waals surface area contributed by atoms with E-state index in [-0.39, 0.29) is 11.0 Å². The van der Waals surface area contributed by atoms with E-state index in [1.54, 1.807) is 0 Å². The third-order valence-electron chi connectivity index (χ3n) is 1.95. The molecule has 0 spiro atoms. The second-order valence-electron chi connectivity index (χ2n) is 2.85. The number of H-pyrrole nitrogens is 1. The second-order valence-corrected chi connectivity index (χ2v) is 3.41. The van der Waals surface area contributed by atoms with Crippen molar-refractivity contribution in [3.8, 4) is 0 Å². The summed E-state index contributed by atoms with van der Waals surface area (Å²) in [5, 5.41) is 0.163. The van der Waals surface area contributed by atoms with Gasteiger partial charge < -0.3 is 9.72 Å². The van der Waals surface area contributed by atoms with Gasteiger partial charge >= 0.3 is 5.97 Å². The van der Waals surface area contributed by atoms with E-state index < -0.39 is 29.0 Å². The van der Waals surface area contributed by atoms with Gasteiger partial charge in [-0.2, -0.15) is 0 Å². The zero-order valence-corrected chi connectivity index (χ0v) is 9.81. The highest BCUT2D eigenvalue weighted by Gasteiger charge is 2.22. The van der Waals surface area contributed by atoms with Crippen LogP contribution in [0.4, 0.5) is 8.78 Å². The summed E-state index contributed by atoms with van der Waals surface area (Å²) in [7, 11) is 1.08. The molecule has 1 N–H and O–H groups in total. The highest BCUT2D eigenvalue weighted by Crippen LogP contribution is 2.16. The maximum Gasteiger partial charge on any atom is 0.343 e. The average Bonchev–Trinajstić information content (AvgIpc) is 2.26. The highest BCUT2D eigenvalue weighted by molar-refractivity contribution is 9.08. The number of hydrogen-bond donors (Lipinski definition) is 1. The van der Waals surface area contributed by atoms with Crippen LogP contribution in [-0.4, -0.2) is 18.1 Å². The zero-order chi connectivity index (χ0) is 12.3. The standard InChI is InChI=1S/C9H8BrF2NO3/c1-16-9(15)6-5(2-10)13-3-4(7(6)14)8(11)12/h3,8H,2H2,1H3,(H,13,14). The predicted octanol–water partition coefficient (Wildman–Crippen LogP) is 1.99. The van der Waals surface area contributed by atoms with Crippen molar-refractivity contribution in [1.29, 1.82) is 0 Å². The van der Waals surface area contributed by atoms with Gasteiger partial charge in [0.05, 0.1) is 12.7 Å². The normalized spacial score (nSPS) is 10.6. The Balaban J connectivity index is 3.47. The molecule has 0 aliphatic rings. The molecule has 0 saturated heterocycles. The molecular formula is C9H8BrF2NO3. The van der Waals surface area contributed by atoms with Gasteiger partial charge in [0.15, 0.2) is 0 Å². The Labute approximate surface area is 97.7 Å². The molecule has 88 valence electrons. The zero-order valence-electron chi connectivity index (χ0n) is 8.22. The summed E-state index contributed by atoms with van der Waals surface area (Å²) in [5.74, 6) is -0.932. The average molecular weight is 296 g/mol. The number of hydrogen-bond acceptors (Lipinski definition) is 3. The maximum atomic E-state index is 12.4. The molecule has 0 aliphatic heterocycles. The number of ether oxygens (including phenoxy) is 1. The quantitative estimate of drug-likeness (QED) is 0.685. The molecule has 0 saturated carbocycles. The lowest BCUT2D eigenvalue weighted by atomic mass is 10.1. The van der Waals surface area contributed by atoms with Crippen molar-refractivity contribution in [2.75, 3.05) is 7.11 Å². The fourth-order valence-corrected chi connectivity index (χ4v) is 1.61. The first-order valence-electron chi connectivity index (χ1n) is 4.19. The fourth-order valence-electron chi connectivity index (χ4n) is 1.17. The van der Waals surface area contributed by atoms with Crippen LogP contribution in [0.5, 0.6) is 0 Å². The fraction of sp³-hybridized carbons (Fsp3) is 0.333. The number of aromatic amines is 1. The molecule has 0 aromatic carbocycles. The van der Waals surface area contributed by atoms with Gasteiger partial charge in [-0.25, -0.2) is 13.6 Å². The summed E-state index contributed by atoms with van der Waals surface area (Å²) >= 11 is 3.04. The number of halogens is 3. The largest absolute Gasteiger partial charge is 0.465 e. The molecule has 0 amide bonds. The van der Waals surface area contributed by atoms with Crippen LogP contribution in [0.2, 0.25) is 0 Å². The van der Waals surface area contributed by atoms with Gasteiger partial charge in [0, 0.05) is 17.2 Å². The Morgan fingerprint density at radius 2 is 2.25 bits per heavy atom. The summed E-state index contributed by atoms with van der Waals surface area (Å²) in [6.45, 7) is 0. The molecule has 4 nitrogen and oxygen atoms in total. The number of nitrogens with one attached hydrogen (secondary N) is 1. The van der Waals surface area contributed by atoms with Gasteiger partial charge in [-0.1, -0.05) is 15.9 Å². The third kappa shape index (κ3) is 2.29. The molecule has 0 bridgehead atoms. The number of carbonyl (C=O) groups excluding carboxylic acids is 1. The Morgan fingerprint density at radius 1 is 1.62 bits per heavy atom. The first kappa shape index (κ1) is 12.8. The van der Waals surface area contributed by atoms with Crippen molar-refractivity contribution in [3.63, 3.8) is 0 Å². The van der Waals surface area contributed by atoms with Crippen molar-refractivity contribution in [2.45, 2.75) is 11.8 Å². The van der Waals surface area contributed by atoms with E-state index in [1.165, 1.54) is 0 Å². The molecule has 1 aromatic heterocycles. The van der Waals surface area contributed by atoms with Crippen molar-refractivity contribution >= 4 is 21.9 Å². The van der Waals surface area contributed by atoms with Crippen LogP contribution in [0.3, 0.4) is 0 Å². The summed E-state index contributed by atoms with van der Waals surface area (Å²) < 4.78 is 29.2. The number of alkyl halides is 3. The molecular weight excluding hydrogens is 288 g/mol. The molecule has 0 fully saturated rings. The summed E-state index contributed by atoms with van der Waals surface area (Å²) in [6.07, 6.45) is -2.03. The van der Waals surface area contributed by atoms with Crippen LogP contribution in [0.1, 0.15) is 28.0 Å². The van der Waals surface area contributed by atoms with Crippen molar-refractivity contribution in [1.82, 2.24) is 4.98 Å². The van der Waals surface area contributed by atoms with E-state index in [2.05, 4.69) is 25.7 Å². The van der Waals surface area contributed by atoms with Crippen LogP contribution in [0.15, 0.2) is 11.0 Å². The second kappa shape index (κ2) is 5.20. The molecule has 1 heterocycles. The number of esters is 1. The lowest BCUT2D eigenvalue weighted by molar-refractivity contribution is 0.0597. The third-order valence-corrected chi connectivity index (χ3v) is 2.51. The van der Waals surface area contributed by atoms with E-state index in [9.17, 15) is 18.4 Å². The van der Waals surface area contributed by atoms with E-state index in [0.29, 0.717) is 0 Å². The Kier molecular flexibility index (Phi) is 4.17. The summed E-state index contributed by atoms with van der Waals surface area (Å²) in [5.41, 5.74) is -1.93. The highest BCUT2D eigenvalue weighted by atomic mass is 79.9. The van der Waals surface area contributed by atoms with Gasteiger partial charge in [-0.3, -0.25) is 4.79 Å². The first-order valence-corrected chi connectivity index (χ1v) is 5.32. The summed E-state index contributed by atoms with van der Waals surface area (Å²) in [6, 6.07) is 0. The minimum atomic E-state index is -2.93. The first-order chi connectivity index (χ1) is 7.52. The minimum Gasteiger partial charge on any atom is -0.465 e. The van der Waals surface area contributed by atoms with Crippen LogP contribution in [0, 0.1) is 0 Å². The van der Waals surface area contributed by atoms with Crippen LogP contribution in [0.25, 0.3) is 0 Å². The van der Waals surface area contributed by atoms with Crippen LogP contribution < -0.4 is 5.43 Å². The van der Waals surface area contributed by atoms with E-state index >= 15 is 0 Å². The number of pyridine rings is 1. The van der Waals surface area contributed by atoms with Gasteiger partial charge in [0.25, 0.3) is 6.43 Å². The van der Waals surface area contributed by atoms with Crippen molar-refractivity contribution in [3.05, 3.63) is 33.2 Å². The van der Waals surface area contributed by atoms with E-state index in [0.717, 1.165) is 13.3 Å². The molecule has 0 aliphatic carbocycles. The topological polar surface area (TPSA) is 59.2 Å². The molecule has 7 heteroatoms. The Morgan fingerprint density at radius 3 is 2.69 bits per heavy atom. The SMILES string of the molecule is COC(=O)c1c(CBr)[nH]cc(C(F)F)c1=O. The smallest absolute Gasteiger partial charge is 0.343 e. The summed E-state index contributed by atoms with van der Waals surface area (Å²) in [4.78, 5) is 25.3.